The monoisotopic (exact) mass is 464 g/mol. The van der Waals surface area contributed by atoms with Crippen molar-refractivity contribution in [2.45, 2.75) is 25.9 Å². The second kappa shape index (κ2) is 10.5. The molecule has 3 aromatic rings. The Bertz CT molecular complexity index is 1160. The van der Waals surface area contributed by atoms with Gasteiger partial charge in [-0.3, -0.25) is 9.59 Å². The van der Waals surface area contributed by atoms with Gasteiger partial charge in [-0.2, -0.15) is 0 Å². The number of hydrogen-bond acceptors (Lipinski definition) is 4. The lowest BCUT2D eigenvalue weighted by molar-refractivity contribution is -0.118. The van der Waals surface area contributed by atoms with Crippen molar-refractivity contribution >= 4 is 29.5 Å². The lowest BCUT2D eigenvalue weighted by Gasteiger charge is -2.13. The maximum absolute atomic E-state index is 12.9. The Morgan fingerprint density at radius 1 is 1.12 bits per heavy atom. The minimum atomic E-state index is -0.410. The van der Waals surface area contributed by atoms with Crippen molar-refractivity contribution < 1.29 is 18.7 Å². The van der Waals surface area contributed by atoms with E-state index in [2.05, 4.69) is 10.6 Å². The van der Waals surface area contributed by atoms with Crippen molar-refractivity contribution in [2.75, 3.05) is 13.2 Å². The largest absolute Gasteiger partial charge is 0.457 e. The van der Waals surface area contributed by atoms with E-state index in [9.17, 15) is 9.59 Å². The van der Waals surface area contributed by atoms with E-state index in [1.807, 2.05) is 31.2 Å². The van der Waals surface area contributed by atoms with Gasteiger partial charge < -0.3 is 19.8 Å². The molecule has 2 amide bonds. The summed E-state index contributed by atoms with van der Waals surface area (Å²) in [5, 5.41) is 6.17. The summed E-state index contributed by atoms with van der Waals surface area (Å²) in [7, 11) is 0. The third-order valence-electron chi connectivity index (χ3n) is 5.34. The summed E-state index contributed by atoms with van der Waals surface area (Å²) in [5.74, 6) is 0.242. The topological polar surface area (TPSA) is 80.6 Å². The van der Waals surface area contributed by atoms with Crippen LogP contribution in [-0.4, -0.2) is 31.1 Å². The first-order valence-corrected chi connectivity index (χ1v) is 11.2. The summed E-state index contributed by atoms with van der Waals surface area (Å²) in [4.78, 5) is 25.7. The number of ether oxygens (including phenoxy) is 1. The van der Waals surface area contributed by atoms with Crippen LogP contribution in [0.15, 0.2) is 70.8 Å². The first kappa shape index (κ1) is 22.8. The number of nitrogens with one attached hydrogen (secondary N) is 2. The standard InChI is InChI=1S/C26H25ClN2O4/c1-17-7-9-18(10-8-17)25(30)29-23(26(31)28-16-22-6-3-13-32-22)15-21-11-12-24(33-21)19-4-2-5-20(27)14-19/h2,4-5,7-12,14-15,22H,3,6,13,16H2,1H3,(H,28,31)(H,29,30)/b23-15-/t22-/m1/s1. The van der Waals surface area contributed by atoms with Crippen LogP contribution in [0.1, 0.15) is 34.5 Å². The van der Waals surface area contributed by atoms with Crippen molar-refractivity contribution in [3.63, 3.8) is 0 Å². The van der Waals surface area contributed by atoms with Gasteiger partial charge >= 0.3 is 0 Å². The predicted molar refractivity (Wildman–Crippen MR) is 128 cm³/mol. The number of rotatable bonds is 7. The molecule has 2 heterocycles. The highest BCUT2D eigenvalue weighted by Crippen LogP contribution is 2.25. The van der Waals surface area contributed by atoms with E-state index >= 15 is 0 Å². The van der Waals surface area contributed by atoms with Crippen LogP contribution in [0, 0.1) is 6.92 Å². The number of halogens is 1. The van der Waals surface area contributed by atoms with Gasteiger partial charge in [-0.25, -0.2) is 0 Å². The van der Waals surface area contributed by atoms with Crippen molar-refractivity contribution in [1.82, 2.24) is 10.6 Å². The number of hydrogen-bond donors (Lipinski definition) is 2. The zero-order valence-electron chi connectivity index (χ0n) is 18.3. The van der Waals surface area contributed by atoms with Crippen LogP contribution < -0.4 is 10.6 Å². The number of furan rings is 1. The molecule has 1 aliphatic rings. The predicted octanol–water partition coefficient (Wildman–Crippen LogP) is 4.97. The Balaban J connectivity index is 1.55. The van der Waals surface area contributed by atoms with E-state index < -0.39 is 5.91 Å². The molecule has 1 saturated heterocycles. The zero-order valence-corrected chi connectivity index (χ0v) is 19.0. The fourth-order valence-electron chi connectivity index (χ4n) is 3.53. The number of carbonyl (C=O) groups excluding carboxylic acids is 2. The SMILES string of the molecule is Cc1ccc(C(=O)N/C(=C\c2ccc(-c3cccc(Cl)c3)o2)C(=O)NC[C@H]2CCCO2)cc1. The zero-order chi connectivity index (χ0) is 23.2. The quantitative estimate of drug-likeness (QED) is 0.483. The first-order valence-electron chi connectivity index (χ1n) is 10.8. The van der Waals surface area contributed by atoms with Gasteiger partial charge in [-0.05, 0) is 56.2 Å². The summed E-state index contributed by atoms with van der Waals surface area (Å²) in [6.45, 7) is 3.02. The molecule has 0 aliphatic carbocycles. The molecule has 7 heteroatoms. The molecular weight excluding hydrogens is 440 g/mol. The van der Waals surface area contributed by atoms with Crippen molar-refractivity contribution in [1.29, 1.82) is 0 Å². The van der Waals surface area contributed by atoms with Crippen LogP contribution in [0.3, 0.4) is 0 Å². The third kappa shape index (κ3) is 6.12. The highest BCUT2D eigenvalue weighted by molar-refractivity contribution is 6.30. The minimum absolute atomic E-state index is 0.0129. The molecule has 2 N–H and O–H groups in total. The lowest BCUT2D eigenvalue weighted by atomic mass is 10.1. The molecule has 0 radical (unpaired) electrons. The summed E-state index contributed by atoms with van der Waals surface area (Å²) in [6, 6.07) is 18.0. The molecule has 1 atom stereocenters. The average molecular weight is 465 g/mol. The Labute approximate surface area is 197 Å². The van der Waals surface area contributed by atoms with Crippen LogP contribution in [-0.2, 0) is 9.53 Å². The van der Waals surface area contributed by atoms with Gasteiger partial charge in [0.15, 0.2) is 0 Å². The molecule has 0 unspecified atom stereocenters. The molecule has 0 bridgehead atoms. The summed E-state index contributed by atoms with van der Waals surface area (Å²) >= 11 is 6.08. The number of carbonyl (C=O) groups is 2. The number of benzene rings is 2. The number of amides is 2. The van der Waals surface area contributed by atoms with Crippen LogP contribution >= 0.6 is 11.6 Å². The molecular formula is C26H25ClN2O4. The molecule has 2 aromatic carbocycles. The normalized spacial score (nSPS) is 15.9. The fourth-order valence-corrected chi connectivity index (χ4v) is 3.72. The Morgan fingerprint density at radius 2 is 1.94 bits per heavy atom. The van der Waals surface area contributed by atoms with Gasteiger partial charge in [0, 0.05) is 35.4 Å². The van der Waals surface area contributed by atoms with Gasteiger partial charge in [0.05, 0.1) is 6.10 Å². The second-order valence-corrected chi connectivity index (χ2v) is 8.37. The summed E-state index contributed by atoms with van der Waals surface area (Å²) < 4.78 is 11.5. The maximum Gasteiger partial charge on any atom is 0.268 e. The van der Waals surface area contributed by atoms with E-state index in [1.54, 1.807) is 36.4 Å². The van der Waals surface area contributed by atoms with Crippen molar-refractivity contribution in [3.05, 3.63) is 88.3 Å². The van der Waals surface area contributed by atoms with Crippen molar-refractivity contribution in [2.24, 2.45) is 0 Å². The minimum Gasteiger partial charge on any atom is -0.457 e. The first-order chi connectivity index (χ1) is 16.0. The molecule has 4 rings (SSSR count). The van der Waals surface area contributed by atoms with Gasteiger partial charge in [-0.1, -0.05) is 41.4 Å². The summed E-state index contributed by atoms with van der Waals surface area (Å²) in [6.07, 6.45) is 3.38. The highest BCUT2D eigenvalue weighted by Gasteiger charge is 2.20. The smallest absolute Gasteiger partial charge is 0.268 e. The molecule has 1 aromatic heterocycles. The molecule has 0 spiro atoms. The molecule has 1 aliphatic heterocycles. The van der Waals surface area contributed by atoms with Crippen LogP contribution in [0.2, 0.25) is 5.02 Å². The molecule has 0 saturated carbocycles. The highest BCUT2D eigenvalue weighted by atomic mass is 35.5. The Hall–Kier alpha value is -3.35. The van der Waals surface area contributed by atoms with Crippen molar-refractivity contribution in [3.8, 4) is 11.3 Å². The summed E-state index contributed by atoms with van der Waals surface area (Å²) in [5.41, 5.74) is 2.40. The van der Waals surface area contributed by atoms with E-state index in [4.69, 9.17) is 20.8 Å². The number of aryl methyl sites for hydroxylation is 1. The Morgan fingerprint density at radius 3 is 2.67 bits per heavy atom. The van der Waals surface area contributed by atoms with E-state index in [-0.39, 0.29) is 17.7 Å². The second-order valence-electron chi connectivity index (χ2n) is 7.94. The Kier molecular flexibility index (Phi) is 7.27. The third-order valence-corrected chi connectivity index (χ3v) is 5.58. The lowest BCUT2D eigenvalue weighted by Crippen LogP contribution is -2.38. The van der Waals surface area contributed by atoms with Crippen LogP contribution in [0.5, 0.6) is 0 Å². The van der Waals surface area contributed by atoms with E-state index in [0.29, 0.717) is 35.3 Å². The molecule has 6 nitrogen and oxygen atoms in total. The average Bonchev–Trinajstić information content (AvgIpc) is 3.50. The van der Waals surface area contributed by atoms with E-state index in [0.717, 1.165) is 24.0 Å². The fraction of sp³-hybridized carbons (Fsp3) is 0.231. The van der Waals surface area contributed by atoms with Crippen LogP contribution in [0.25, 0.3) is 17.4 Å². The molecule has 170 valence electrons. The van der Waals surface area contributed by atoms with Gasteiger partial charge in [0.1, 0.15) is 17.2 Å². The molecule has 33 heavy (non-hydrogen) atoms. The van der Waals surface area contributed by atoms with Gasteiger partial charge in [0.2, 0.25) is 0 Å². The maximum atomic E-state index is 12.9. The van der Waals surface area contributed by atoms with E-state index in [1.165, 1.54) is 6.08 Å². The van der Waals surface area contributed by atoms with Crippen LogP contribution in [0.4, 0.5) is 0 Å². The van der Waals surface area contributed by atoms with Gasteiger partial charge in [0.25, 0.3) is 11.8 Å². The molecule has 1 fully saturated rings. The van der Waals surface area contributed by atoms with Gasteiger partial charge in [-0.15, -0.1) is 0 Å².